The van der Waals surface area contributed by atoms with Gasteiger partial charge in [-0.05, 0) is 31.9 Å². The van der Waals surface area contributed by atoms with Crippen LogP contribution in [0.5, 0.6) is 0 Å². The lowest BCUT2D eigenvalue weighted by molar-refractivity contribution is -0.384. The molecule has 0 spiro atoms. The Morgan fingerprint density at radius 1 is 1.19 bits per heavy atom. The Balaban J connectivity index is 1.96. The van der Waals surface area contributed by atoms with Crippen molar-refractivity contribution in [1.29, 1.82) is 0 Å². The molecular formula is C23H32N6O7. The number of anilines is 1. The fourth-order valence-corrected chi connectivity index (χ4v) is 3.27. The summed E-state index contributed by atoms with van der Waals surface area (Å²) in [5.41, 5.74) is -0.0949. The molecule has 36 heavy (non-hydrogen) atoms. The minimum Gasteiger partial charge on any atom is -0.468 e. The summed E-state index contributed by atoms with van der Waals surface area (Å²) in [6.07, 6.45) is 2.59. The zero-order valence-electron chi connectivity index (χ0n) is 20.9. The van der Waals surface area contributed by atoms with Gasteiger partial charge in [0.15, 0.2) is 0 Å². The highest BCUT2D eigenvalue weighted by molar-refractivity contribution is 5.85. The topological polar surface area (TPSA) is 178 Å². The maximum Gasteiger partial charge on any atom is 0.411 e. The highest BCUT2D eigenvalue weighted by Crippen LogP contribution is 2.16. The molecule has 2 rings (SSSR count). The predicted octanol–water partition coefficient (Wildman–Crippen LogP) is 2.16. The molecule has 0 saturated carbocycles. The van der Waals surface area contributed by atoms with Gasteiger partial charge in [0, 0.05) is 30.4 Å². The summed E-state index contributed by atoms with van der Waals surface area (Å²) < 4.78 is 10.1. The lowest BCUT2D eigenvalue weighted by Crippen LogP contribution is -2.58. The average molecular weight is 505 g/mol. The Labute approximate surface area is 208 Å². The van der Waals surface area contributed by atoms with Crippen LogP contribution in [0.1, 0.15) is 33.4 Å². The van der Waals surface area contributed by atoms with Crippen molar-refractivity contribution in [3.8, 4) is 0 Å². The standard InChI is InChI=1S/C23H32N6O7/c1-14(2)19(27-18(21(31)35-5)10-16-11-24-13-25-16)20(30)28-23(3,4)12-36-22(32)26-15-6-8-17(9-7-15)29(33)34/h6-9,11,13-14,18-19,27H,10,12H2,1-5H3,(H,24,25)(H,26,32)(H,28,30)/t18-,19?/m0/s1. The highest BCUT2D eigenvalue weighted by atomic mass is 16.6. The molecule has 0 fully saturated rings. The van der Waals surface area contributed by atoms with E-state index in [0.717, 1.165) is 0 Å². The number of carbonyl (C=O) groups is 3. The molecule has 0 saturated heterocycles. The van der Waals surface area contributed by atoms with E-state index in [1.165, 1.54) is 37.7 Å². The normalized spacial score (nSPS) is 12.9. The molecule has 4 N–H and O–H groups in total. The number of carbonyl (C=O) groups excluding carboxylic acids is 3. The molecule has 0 aliphatic rings. The first-order chi connectivity index (χ1) is 16.9. The Hall–Kier alpha value is -4.00. The molecule has 1 unspecified atom stereocenters. The fraction of sp³-hybridized carbons (Fsp3) is 0.478. The molecule has 1 aromatic heterocycles. The van der Waals surface area contributed by atoms with Gasteiger partial charge in [0.1, 0.15) is 12.6 Å². The Morgan fingerprint density at radius 2 is 1.86 bits per heavy atom. The second-order valence-corrected chi connectivity index (χ2v) is 9.11. The monoisotopic (exact) mass is 504 g/mol. The summed E-state index contributed by atoms with van der Waals surface area (Å²) >= 11 is 0. The lowest BCUT2D eigenvalue weighted by atomic mass is 9.98. The highest BCUT2D eigenvalue weighted by Gasteiger charge is 2.33. The zero-order chi connectivity index (χ0) is 26.9. The van der Waals surface area contributed by atoms with Crippen LogP contribution in [0.25, 0.3) is 0 Å². The van der Waals surface area contributed by atoms with Crippen molar-refractivity contribution in [2.75, 3.05) is 19.0 Å². The maximum absolute atomic E-state index is 13.1. The number of imidazole rings is 1. The molecule has 0 bridgehead atoms. The summed E-state index contributed by atoms with van der Waals surface area (Å²) in [5, 5.41) is 19.1. The number of benzene rings is 1. The second-order valence-electron chi connectivity index (χ2n) is 9.11. The molecule has 2 amide bonds. The SMILES string of the molecule is COC(=O)[C@H](Cc1c[nH]cn1)NC(C(=O)NC(C)(C)COC(=O)Nc1ccc([N+](=O)[O-])cc1)C(C)C. The van der Waals surface area contributed by atoms with Crippen LogP contribution in [-0.4, -0.2) is 64.2 Å². The van der Waals surface area contributed by atoms with E-state index in [1.807, 2.05) is 13.8 Å². The van der Waals surface area contributed by atoms with E-state index >= 15 is 0 Å². The van der Waals surface area contributed by atoms with Crippen LogP contribution < -0.4 is 16.0 Å². The molecule has 0 aliphatic heterocycles. The van der Waals surface area contributed by atoms with Gasteiger partial charge in [0.05, 0.1) is 35.6 Å². The molecule has 1 heterocycles. The van der Waals surface area contributed by atoms with Gasteiger partial charge >= 0.3 is 12.1 Å². The second kappa shape index (κ2) is 12.6. The number of esters is 1. The number of amides is 2. The number of nitro benzene ring substituents is 1. The van der Waals surface area contributed by atoms with Gasteiger partial charge < -0.3 is 19.8 Å². The number of nitro groups is 1. The first-order valence-electron chi connectivity index (χ1n) is 11.2. The molecule has 1 aromatic carbocycles. The number of nitrogens with one attached hydrogen (secondary N) is 4. The van der Waals surface area contributed by atoms with E-state index in [1.54, 1.807) is 20.0 Å². The zero-order valence-corrected chi connectivity index (χ0v) is 20.9. The number of aromatic nitrogens is 2. The predicted molar refractivity (Wildman–Crippen MR) is 130 cm³/mol. The molecule has 0 radical (unpaired) electrons. The average Bonchev–Trinajstić information content (AvgIpc) is 3.33. The number of aromatic amines is 1. The minimum atomic E-state index is -0.943. The van der Waals surface area contributed by atoms with Gasteiger partial charge in [-0.3, -0.25) is 30.3 Å². The largest absolute Gasteiger partial charge is 0.468 e. The van der Waals surface area contributed by atoms with Gasteiger partial charge in [0.25, 0.3) is 5.69 Å². The van der Waals surface area contributed by atoms with Crippen LogP contribution >= 0.6 is 0 Å². The van der Waals surface area contributed by atoms with Crippen LogP contribution in [0, 0.1) is 16.0 Å². The summed E-state index contributed by atoms with van der Waals surface area (Å²) in [6, 6.07) is 3.72. The molecule has 13 nitrogen and oxygen atoms in total. The maximum atomic E-state index is 13.1. The van der Waals surface area contributed by atoms with Crippen molar-refractivity contribution in [1.82, 2.24) is 20.6 Å². The van der Waals surface area contributed by atoms with Gasteiger partial charge in [-0.25, -0.2) is 9.78 Å². The number of non-ortho nitro benzene ring substituents is 1. The molecule has 13 heteroatoms. The van der Waals surface area contributed by atoms with E-state index in [4.69, 9.17) is 9.47 Å². The van der Waals surface area contributed by atoms with E-state index < -0.39 is 34.6 Å². The summed E-state index contributed by atoms with van der Waals surface area (Å²) in [4.78, 5) is 54.7. The number of hydrogen-bond acceptors (Lipinski definition) is 9. The van der Waals surface area contributed by atoms with Crippen LogP contribution in [0.15, 0.2) is 36.8 Å². The van der Waals surface area contributed by atoms with Gasteiger partial charge in [-0.15, -0.1) is 0 Å². The van der Waals surface area contributed by atoms with Gasteiger partial charge in [0.2, 0.25) is 5.91 Å². The smallest absolute Gasteiger partial charge is 0.411 e. The quantitative estimate of drug-likeness (QED) is 0.191. The third-order valence-electron chi connectivity index (χ3n) is 5.13. The van der Waals surface area contributed by atoms with Crippen LogP contribution in [0.3, 0.4) is 0 Å². The Bertz CT molecular complexity index is 1040. The van der Waals surface area contributed by atoms with Crippen molar-refractivity contribution in [3.63, 3.8) is 0 Å². The first kappa shape index (κ1) is 28.2. The van der Waals surface area contributed by atoms with Gasteiger partial charge in [-0.2, -0.15) is 0 Å². The number of methoxy groups -OCH3 is 1. The van der Waals surface area contributed by atoms with Crippen molar-refractivity contribution in [3.05, 3.63) is 52.6 Å². The minimum absolute atomic E-state index is 0.107. The van der Waals surface area contributed by atoms with Crippen LogP contribution in [-0.2, 0) is 25.5 Å². The van der Waals surface area contributed by atoms with E-state index in [0.29, 0.717) is 11.4 Å². The van der Waals surface area contributed by atoms with E-state index in [9.17, 15) is 24.5 Å². The number of rotatable bonds is 12. The molecule has 196 valence electrons. The third kappa shape index (κ3) is 8.65. The van der Waals surface area contributed by atoms with Crippen molar-refractivity contribution < 1.29 is 28.8 Å². The lowest BCUT2D eigenvalue weighted by Gasteiger charge is -2.31. The Morgan fingerprint density at radius 3 is 2.39 bits per heavy atom. The third-order valence-corrected chi connectivity index (χ3v) is 5.13. The van der Waals surface area contributed by atoms with E-state index in [-0.39, 0.29) is 30.5 Å². The summed E-state index contributed by atoms with van der Waals surface area (Å²) in [5.74, 6) is -1.09. The van der Waals surface area contributed by atoms with Crippen molar-refractivity contribution in [2.45, 2.75) is 51.7 Å². The van der Waals surface area contributed by atoms with Crippen molar-refractivity contribution >= 4 is 29.3 Å². The molecule has 2 atom stereocenters. The van der Waals surface area contributed by atoms with Crippen LogP contribution in [0.2, 0.25) is 0 Å². The summed E-state index contributed by atoms with van der Waals surface area (Å²) in [6.45, 7) is 6.88. The number of ether oxygens (including phenoxy) is 2. The molecular weight excluding hydrogens is 472 g/mol. The number of nitrogens with zero attached hydrogens (tertiary/aromatic N) is 2. The van der Waals surface area contributed by atoms with E-state index in [2.05, 4.69) is 25.9 Å². The Kier molecular flexibility index (Phi) is 9.91. The van der Waals surface area contributed by atoms with Crippen LogP contribution in [0.4, 0.5) is 16.2 Å². The fourth-order valence-electron chi connectivity index (χ4n) is 3.27. The molecule has 0 aliphatic carbocycles. The number of H-pyrrole nitrogens is 1. The number of hydrogen-bond donors (Lipinski definition) is 4. The summed E-state index contributed by atoms with van der Waals surface area (Å²) in [7, 11) is 1.27. The molecule has 2 aromatic rings. The van der Waals surface area contributed by atoms with Crippen molar-refractivity contribution in [2.24, 2.45) is 5.92 Å². The van der Waals surface area contributed by atoms with Gasteiger partial charge in [-0.1, -0.05) is 13.8 Å². The first-order valence-corrected chi connectivity index (χ1v) is 11.2.